The van der Waals surface area contributed by atoms with Crippen LogP contribution in [0.15, 0.2) is 96.4 Å². The third-order valence-electron chi connectivity index (χ3n) is 7.26. The number of amides is 2. The zero-order valence-electron chi connectivity index (χ0n) is 21.7. The lowest BCUT2D eigenvalue weighted by Gasteiger charge is -2.41. The van der Waals surface area contributed by atoms with Gasteiger partial charge in [-0.3, -0.25) is 9.59 Å². The van der Waals surface area contributed by atoms with Gasteiger partial charge >= 0.3 is 0 Å². The predicted octanol–water partition coefficient (Wildman–Crippen LogP) is 5.35. The number of rotatable bonds is 7. The van der Waals surface area contributed by atoms with Gasteiger partial charge < -0.3 is 14.6 Å². The van der Waals surface area contributed by atoms with Crippen molar-refractivity contribution >= 4 is 29.3 Å². The zero-order valence-corrected chi connectivity index (χ0v) is 22.5. The highest BCUT2D eigenvalue weighted by Crippen LogP contribution is 2.43. The fourth-order valence-electron chi connectivity index (χ4n) is 5.03. The lowest BCUT2D eigenvalue weighted by atomic mass is 9.91. The number of nitrogens with zero attached hydrogens (tertiary/aromatic N) is 3. The number of aromatic nitrogens is 2. The third kappa shape index (κ3) is 5.04. The summed E-state index contributed by atoms with van der Waals surface area (Å²) in [6.07, 6.45) is 2.33. The molecule has 3 aromatic carbocycles. The Kier molecular flexibility index (Phi) is 7.44. The van der Waals surface area contributed by atoms with Gasteiger partial charge in [-0.2, -0.15) is 0 Å². The molecule has 40 heavy (non-hydrogen) atoms. The summed E-state index contributed by atoms with van der Waals surface area (Å²) in [6, 6.07) is 23.5. The second kappa shape index (κ2) is 11.3. The van der Waals surface area contributed by atoms with Crippen LogP contribution < -0.4 is 4.90 Å². The molecular weight excluding hydrogens is 526 g/mol. The molecule has 1 N–H and O–H groups in total. The molecule has 0 aliphatic carbocycles. The normalized spacial score (nSPS) is 22.4. The number of ether oxygens (including phenoxy) is 2. The fraction of sp³-hybridized carbons (Fsp3) is 0.226. The molecule has 1 fully saturated rings. The third-order valence-corrected chi connectivity index (χ3v) is 8.22. The molecular formula is C31H27N3O5S. The van der Waals surface area contributed by atoms with Crippen LogP contribution in [0.2, 0.25) is 0 Å². The van der Waals surface area contributed by atoms with Gasteiger partial charge in [-0.1, -0.05) is 67.2 Å². The molecule has 0 spiro atoms. The van der Waals surface area contributed by atoms with Crippen molar-refractivity contribution in [3.8, 4) is 0 Å². The Morgan fingerprint density at radius 1 is 0.825 bits per heavy atom. The summed E-state index contributed by atoms with van der Waals surface area (Å²) in [5.74, 6) is -0.0217. The van der Waals surface area contributed by atoms with Crippen molar-refractivity contribution in [3.63, 3.8) is 0 Å². The van der Waals surface area contributed by atoms with Crippen LogP contribution in [0.25, 0.3) is 0 Å². The van der Waals surface area contributed by atoms with E-state index < -0.39 is 6.29 Å². The topological polar surface area (TPSA) is 102 Å². The van der Waals surface area contributed by atoms with E-state index in [4.69, 9.17) is 9.47 Å². The summed E-state index contributed by atoms with van der Waals surface area (Å²) in [7, 11) is 0. The second-order valence-corrected chi connectivity index (χ2v) is 10.7. The molecule has 0 radical (unpaired) electrons. The van der Waals surface area contributed by atoms with Crippen molar-refractivity contribution in [1.29, 1.82) is 0 Å². The Balaban J connectivity index is 1.25. The number of thioether (sulfide) groups is 1. The van der Waals surface area contributed by atoms with Crippen LogP contribution in [0.5, 0.6) is 0 Å². The molecule has 0 bridgehead atoms. The molecule has 8 nitrogen and oxygen atoms in total. The van der Waals surface area contributed by atoms with Crippen LogP contribution in [0.4, 0.5) is 5.69 Å². The molecule has 202 valence electrons. The molecule has 3 heterocycles. The van der Waals surface area contributed by atoms with Crippen LogP contribution in [0, 0.1) is 5.92 Å². The summed E-state index contributed by atoms with van der Waals surface area (Å²) in [5, 5.41) is 10.2. The van der Waals surface area contributed by atoms with Gasteiger partial charge in [0.15, 0.2) is 11.4 Å². The fourth-order valence-corrected chi connectivity index (χ4v) is 6.00. The van der Waals surface area contributed by atoms with Crippen molar-refractivity contribution in [2.45, 2.75) is 37.2 Å². The van der Waals surface area contributed by atoms with E-state index in [1.165, 1.54) is 16.7 Å². The monoisotopic (exact) mass is 553 g/mol. The van der Waals surface area contributed by atoms with E-state index in [0.29, 0.717) is 27.7 Å². The lowest BCUT2D eigenvalue weighted by Crippen LogP contribution is -2.38. The van der Waals surface area contributed by atoms with Crippen molar-refractivity contribution < 1.29 is 24.2 Å². The van der Waals surface area contributed by atoms with E-state index >= 15 is 0 Å². The highest BCUT2D eigenvalue weighted by atomic mass is 32.2. The number of fused-ring (bicyclic) bond motifs is 1. The van der Waals surface area contributed by atoms with Crippen molar-refractivity contribution in [3.05, 3.63) is 119 Å². The predicted molar refractivity (Wildman–Crippen MR) is 150 cm³/mol. The Hall–Kier alpha value is -3.89. The molecule has 0 saturated carbocycles. The maximum Gasteiger partial charge on any atom is 0.266 e. The first-order chi connectivity index (χ1) is 19.5. The van der Waals surface area contributed by atoms with Crippen molar-refractivity contribution in [2.75, 3.05) is 10.7 Å². The Morgan fingerprint density at radius 3 is 2.08 bits per heavy atom. The maximum atomic E-state index is 12.9. The van der Waals surface area contributed by atoms with Crippen LogP contribution in [0.3, 0.4) is 0 Å². The number of aliphatic hydroxyl groups is 1. The quantitative estimate of drug-likeness (QED) is 0.186. The first-order valence-electron chi connectivity index (χ1n) is 13.0. The molecule has 4 unspecified atom stereocenters. The van der Waals surface area contributed by atoms with Gasteiger partial charge in [0.05, 0.1) is 35.6 Å². The number of hydrogen-bond donors (Lipinski definition) is 1. The number of carbonyl (C=O) groups is 2. The molecule has 9 heteroatoms. The molecule has 2 amide bonds. The molecule has 2 aliphatic rings. The Morgan fingerprint density at radius 2 is 1.45 bits per heavy atom. The van der Waals surface area contributed by atoms with Gasteiger partial charge in [0.2, 0.25) is 0 Å². The number of carbonyl (C=O) groups excluding carboxylic acids is 2. The van der Waals surface area contributed by atoms with Crippen LogP contribution in [-0.4, -0.2) is 38.7 Å². The first kappa shape index (κ1) is 26.3. The average Bonchev–Trinajstić information content (AvgIpc) is 3.26. The number of hydrogen-bond acceptors (Lipinski definition) is 8. The van der Waals surface area contributed by atoms with Crippen molar-refractivity contribution in [2.24, 2.45) is 5.92 Å². The lowest BCUT2D eigenvalue weighted by molar-refractivity contribution is -0.268. The standard InChI is InChI=1S/C31H27N3O5S/c1-19-26(18-40-31-32-15-4-16-33-31)38-30(39-27(19)21-9-7-20(17-35)8-10-21)22-11-13-23(14-12-22)34-28(36)24-5-2-3-6-25(24)29(34)37/h2-16,19,26-27,30,35H,17-18H2,1H3. The summed E-state index contributed by atoms with van der Waals surface area (Å²) in [4.78, 5) is 35.7. The van der Waals surface area contributed by atoms with Gasteiger partial charge in [0.1, 0.15) is 0 Å². The smallest absolute Gasteiger partial charge is 0.266 e. The molecule has 4 aromatic rings. The Labute approximate surface area is 236 Å². The number of anilines is 1. The second-order valence-electron chi connectivity index (χ2n) is 9.75. The first-order valence-corrected chi connectivity index (χ1v) is 14.0. The van der Waals surface area contributed by atoms with E-state index in [1.807, 2.05) is 36.4 Å². The van der Waals surface area contributed by atoms with E-state index in [0.717, 1.165) is 16.7 Å². The Bertz CT molecular complexity index is 1480. The average molecular weight is 554 g/mol. The van der Waals surface area contributed by atoms with Gasteiger partial charge in [0.25, 0.3) is 11.8 Å². The maximum absolute atomic E-state index is 12.9. The summed E-state index contributed by atoms with van der Waals surface area (Å²) in [6.45, 7) is 2.08. The molecule has 2 aliphatic heterocycles. The van der Waals surface area contributed by atoms with Gasteiger partial charge in [-0.05, 0) is 41.5 Å². The number of benzene rings is 3. The highest BCUT2D eigenvalue weighted by Gasteiger charge is 2.39. The largest absolute Gasteiger partial charge is 0.392 e. The van der Waals surface area contributed by atoms with Crippen LogP contribution >= 0.6 is 11.8 Å². The number of aliphatic hydroxyl groups excluding tert-OH is 1. The minimum Gasteiger partial charge on any atom is -0.392 e. The van der Waals surface area contributed by atoms with E-state index in [9.17, 15) is 14.7 Å². The van der Waals surface area contributed by atoms with Gasteiger partial charge in [0, 0.05) is 29.6 Å². The van der Waals surface area contributed by atoms with Gasteiger partial charge in [-0.25, -0.2) is 14.9 Å². The SMILES string of the molecule is CC1C(CSc2ncccn2)OC(c2ccc(N3C(=O)c4ccccc4C3=O)cc2)OC1c1ccc(CO)cc1. The molecule has 4 atom stereocenters. The molecule has 1 saturated heterocycles. The number of imide groups is 1. The molecule has 6 rings (SSSR count). The highest BCUT2D eigenvalue weighted by molar-refractivity contribution is 7.99. The van der Waals surface area contributed by atoms with Crippen molar-refractivity contribution in [1.82, 2.24) is 9.97 Å². The minimum atomic E-state index is -0.669. The summed E-state index contributed by atoms with van der Waals surface area (Å²) < 4.78 is 13.0. The zero-order chi connectivity index (χ0) is 27.6. The van der Waals surface area contributed by atoms with E-state index in [2.05, 4.69) is 16.9 Å². The van der Waals surface area contributed by atoms with E-state index in [-0.39, 0.29) is 36.5 Å². The van der Waals surface area contributed by atoms with E-state index in [1.54, 1.807) is 54.9 Å². The summed E-state index contributed by atoms with van der Waals surface area (Å²) in [5.41, 5.74) is 3.90. The van der Waals surface area contributed by atoms with Crippen LogP contribution in [0.1, 0.15) is 56.7 Å². The minimum absolute atomic E-state index is 0.0186. The summed E-state index contributed by atoms with van der Waals surface area (Å²) >= 11 is 1.53. The van der Waals surface area contributed by atoms with Crippen LogP contribution in [-0.2, 0) is 16.1 Å². The molecule has 1 aromatic heterocycles. The van der Waals surface area contributed by atoms with Gasteiger partial charge in [-0.15, -0.1) is 0 Å².